The third-order valence-corrected chi connectivity index (χ3v) is 7.05. The van der Waals surface area contributed by atoms with Crippen LogP contribution in [0.25, 0.3) is 0 Å². The highest BCUT2D eigenvalue weighted by Crippen LogP contribution is 2.26. The number of phenolic OH excluding ortho intramolecular Hbond substituents is 1. The van der Waals surface area contributed by atoms with Crippen LogP contribution < -0.4 is 10.1 Å². The molecule has 1 aliphatic rings. The van der Waals surface area contributed by atoms with E-state index in [4.69, 9.17) is 4.74 Å². The minimum atomic E-state index is -3.69. The molecule has 2 aromatic rings. The number of benzene rings is 2. The third kappa shape index (κ3) is 5.15. The number of piperazine rings is 1. The van der Waals surface area contributed by atoms with Gasteiger partial charge in [-0.25, -0.2) is 8.42 Å². The molecule has 0 aromatic heterocycles. The molecule has 0 aliphatic carbocycles. The van der Waals surface area contributed by atoms with Crippen molar-refractivity contribution in [3.05, 3.63) is 53.6 Å². The lowest BCUT2D eigenvalue weighted by Gasteiger charge is -2.33. The number of hydrogen-bond donors (Lipinski definition) is 2. The number of hydrogen-bond acceptors (Lipinski definition) is 6. The van der Waals surface area contributed by atoms with Crippen molar-refractivity contribution in [2.24, 2.45) is 0 Å². The summed E-state index contributed by atoms with van der Waals surface area (Å²) in [6, 6.07) is 10.5. The largest absolute Gasteiger partial charge is 0.504 e. The summed E-state index contributed by atoms with van der Waals surface area (Å²) in [5.74, 6) is -0.105. The first-order valence-corrected chi connectivity index (χ1v) is 11.2. The number of rotatable bonds is 6. The van der Waals surface area contributed by atoms with Crippen LogP contribution in [-0.4, -0.2) is 67.8 Å². The van der Waals surface area contributed by atoms with E-state index >= 15 is 0 Å². The molecule has 166 valence electrons. The molecule has 2 aromatic carbocycles. The van der Waals surface area contributed by atoms with Gasteiger partial charge < -0.3 is 20.1 Å². The number of sulfonamides is 1. The molecule has 31 heavy (non-hydrogen) atoms. The first kappa shape index (κ1) is 22.6. The molecule has 0 atom stereocenters. The van der Waals surface area contributed by atoms with Gasteiger partial charge in [0.2, 0.25) is 15.9 Å². The molecule has 0 radical (unpaired) electrons. The van der Waals surface area contributed by atoms with Gasteiger partial charge in [0.1, 0.15) is 0 Å². The Kier molecular flexibility index (Phi) is 6.81. The van der Waals surface area contributed by atoms with Crippen LogP contribution >= 0.6 is 0 Å². The van der Waals surface area contributed by atoms with Crippen molar-refractivity contribution in [1.82, 2.24) is 14.5 Å². The Morgan fingerprint density at radius 1 is 1.06 bits per heavy atom. The van der Waals surface area contributed by atoms with Gasteiger partial charge in [0.25, 0.3) is 5.91 Å². The highest BCUT2D eigenvalue weighted by molar-refractivity contribution is 7.89. The second-order valence-electron chi connectivity index (χ2n) is 7.12. The molecule has 0 spiro atoms. The minimum absolute atomic E-state index is 0.0112. The monoisotopic (exact) mass is 447 g/mol. The van der Waals surface area contributed by atoms with E-state index in [1.165, 1.54) is 48.7 Å². The summed E-state index contributed by atoms with van der Waals surface area (Å²) in [7, 11) is -2.25. The van der Waals surface area contributed by atoms with E-state index in [0.29, 0.717) is 24.4 Å². The SMILES string of the molecule is COc1cc(CNC(=O)c2ccc(S(=O)(=O)N3CCN(C(C)=O)CC3)cc2)ccc1O. The zero-order valence-electron chi connectivity index (χ0n) is 17.4. The summed E-state index contributed by atoms with van der Waals surface area (Å²) in [4.78, 5) is 25.5. The highest BCUT2D eigenvalue weighted by Gasteiger charge is 2.29. The van der Waals surface area contributed by atoms with Crippen molar-refractivity contribution >= 4 is 21.8 Å². The molecular weight excluding hydrogens is 422 g/mol. The third-order valence-electron chi connectivity index (χ3n) is 5.14. The van der Waals surface area contributed by atoms with Crippen LogP contribution in [0.15, 0.2) is 47.4 Å². The van der Waals surface area contributed by atoms with Crippen molar-refractivity contribution < 1.29 is 27.9 Å². The number of carbonyl (C=O) groups is 2. The standard InChI is InChI=1S/C21H25N3O6S/c1-15(25)23-9-11-24(12-10-23)31(28,29)18-6-4-17(5-7-18)21(27)22-14-16-3-8-19(26)20(13-16)30-2/h3-8,13,26H,9-12,14H2,1-2H3,(H,22,27). The molecule has 2 N–H and O–H groups in total. The first-order valence-electron chi connectivity index (χ1n) is 9.72. The van der Waals surface area contributed by atoms with Crippen LogP contribution in [0.3, 0.4) is 0 Å². The maximum Gasteiger partial charge on any atom is 0.251 e. The van der Waals surface area contributed by atoms with E-state index in [1.54, 1.807) is 17.0 Å². The van der Waals surface area contributed by atoms with Crippen LogP contribution in [0.1, 0.15) is 22.8 Å². The number of aromatic hydroxyl groups is 1. The van der Waals surface area contributed by atoms with Crippen LogP contribution in [0.2, 0.25) is 0 Å². The number of nitrogens with one attached hydrogen (secondary N) is 1. The summed E-state index contributed by atoms with van der Waals surface area (Å²) >= 11 is 0. The van der Waals surface area contributed by atoms with Crippen molar-refractivity contribution in [1.29, 1.82) is 0 Å². The highest BCUT2D eigenvalue weighted by atomic mass is 32.2. The number of phenols is 1. The predicted octanol–water partition coefficient (Wildman–Crippen LogP) is 1.18. The summed E-state index contributed by atoms with van der Waals surface area (Å²) in [5, 5.41) is 12.4. The van der Waals surface area contributed by atoms with Crippen LogP contribution in [0.5, 0.6) is 11.5 Å². The van der Waals surface area contributed by atoms with E-state index in [0.717, 1.165) is 5.56 Å². The maximum absolute atomic E-state index is 12.8. The lowest BCUT2D eigenvalue weighted by Crippen LogP contribution is -2.49. The summed E-state index contributed by atoms with van der Waals surface area (Å²) in [6.45, 7) is 2.87. The average Bonchev–Trinajstić information content (AvgIpc) is 2.78. The van der Waals surface area contributed by atoms with Crippen molar-refractivity contribution in [2.45, 2.75) is 18.4 Å². The van der Waals surface area contributed by atoms with Crippen molar-refractivity contribution in [3.63, 3.8) is 0 Å². The Morgan fingerprint density at radius 3 is 2.29 bits per heavy atom. The van der Waals surface area contributed by atoms with Crippen LogP contribution in [0.4, 0.5) is 0 Å². The Morgan fingerprint density at radius 2 is 1.71 bits per heavy atom. The van der Waals surface area contributed by atoms with Gasteiger partial charge >= 0.3 is 0 Å². The molecule has 0 unspecified atom stereocenters. The normalized spacial score (nSPS) is 14.8. The van der Waals surface area contributed by atoms with Gasteiger partial charge in [-0.3, -0.25) is 9.59 Å². The molecule has 0 saturated carbocycles. The Hall–Kier alpha value is -3.11. The summed E-state index contributed by atoms with van der Waals surface area (Å²) in [5.41, 5.74) is 1.07. The van der Waals surface area contributed by atoms with Crippen LogP contribution in [0, 0.1) is 0 Å². The van der Waals surface area contributed by atoms with Gasteiger partial charge in [-0.15, -0.1) is 0 Å². The van der Waals surface area contributed by atoms with E-state index in [2.05, 4.69) is 5.32 Å². The Labute approximate surface area is 181 Å². The lowest BCUT2D eigenvalue weighted by molar-refractivity contribution is -0.129. The fraction of sp³-hybridized carbons (Fsp3) is 0.333. The second-order valence-corrected chi connectivity index (χ2v) is 9.06. The van der Waals surface area contributed by atoms with Gasteiger partial charge in [0.15, 0.2) is 11.5 Å². The smallest absolute Gasteiger partial charge is 0.251 e. The first-order chi connectivity index (χ1) is 14.7. The molecule has 1 fully saturated rings. The van der Waals surface area contributed by atoms with Gasteiger partial charge in [0, 0.05) is 45.2 Å². The van der Waals surface area contributed by atoms with Gasteiger partial charge in [-0.2, -0.15) is 4.31 Å². The number of nitrogens with zero attached hydrogens (tertiary/aromatic N) is 2. The zero-order valence-corrected chi connectivity index (χ0v) is 18.2. The van der Waals surface area contributed by atoms with Gasteiger partial charge in [-0.1, -0.05) is 6.07 Å². The topological polar surface area (TPSA) is 116 Å². The van der Waals surface area contributed by atoms with E-state index < -0.39 is 10.0 Å². The Balaban J connectivity index is 1.62. The van der Waals surface area contributed by atoms with E-state index in [1.807, 2.05) is 0 Å². The lowest BCUT2D eigenvalue weighted by atomic mass is 10.1. The molecule has 1 heterocycles. The zero-order chi connectivity index (χ0) is 22.6. The molecule has 3 rings (SSSR count). The molecular formula is C21H25N3O6S. The quantitative estimate of drug-likeness (QED) is 0.687. The Bertz CT molecular complexity index is 1060. The molecule has 10 heteroatoms. The number of carbonyl (C=O) groups excluding carboxylic acids is 2. The van der Waals surface area contributed by atoms with E-state index in [-0.39, 0.29) is 42.1 Å². The molecule has 2 amide bonds. The van der Waals surface area contributed by atoms with Crippen LogP contribution in [-0.2, 0) is 21.4 Å². The van der Waals surface area contributed by atoms with Gasteiger partial charge in [0.05, 0.1) is 12.0 Å². The molecule has 1 aliphatic heterocycles. The fourth-order valence-electron chi connectivity index (χ4n) is 3.29. The number of amides is 2. The molecule has 9 nitrogen and oxygen atoms in total. The fourth-order valence-corrected chi connectivity index (χ4v) is 4.71. The number of methoxy groups -OCH3 is 1. The van der Waals surface area contributed by atoms with Crippen molar-refractivity contribution in [2.75, 3.05) is 33.3 Å². The molecule has 0 bridgehead atoms. The maximum atomic E-state index is 12.8. The second kappa shape index (κ2) is 9.36. The van der Waals surface area contributed by atoms with Crippen molar-refractivity contribution in [3.8, 4) is 11.5 Å². The number of ether oxygens (including phenoxy) is 1. The van der Waals surface area contributed by atoms with E-state index in [9.17, 15) is 23.1 Å². The summed E-state index contributed by atoms with van der Waals surface area (Å²) < 4.78 is 32.1. The summed E-state index contributed by atoms with van der Waals surface area (Å²) in [6.07, 6.45) is 0. The molecule has 1 saturated heterocycles. The van der Waals surface area contributed by atoms with Gasteiger partial charge in [-0.05, 0) is 42.0 Å². The minimum Gasteiger partial charge on any atom is -0.504 e. The predicted molar refractivity (Wildman–Crippen MR) is 113 cm³/mol. The average molecular weight is 448 g/mol.